The maximum atomic E-state index is 13.7. The summed E-state index contributed by atoms with van der Waals surface area (Å²) in [6.45, 7) is 2.94. The van der Waals surface area contributed by atoms with Crippen molar-refractivity contribution in [1.82, 2.24) is 14.7 Å². The van der Waals surface area contributed by atoms with Crippen LogP contribution in [-0.4, -0.2) is 77.7 Å². The normalized spacial score (nSPS) is 18.2. The van der Waals surface area contributed by atoms with Gasteiger partial charge in [-0.15, -0.1) is 0 Å². The fraction of sp³-hybridized carbons (Fsp3) is 0.310. The topological polar surface area (TPSA) is 76.6 Å². The third-order valence-corrected chi connectivity index (χ3v) is 7.53. The van der Waals surface area contributed by atoms with Crippen LogP contribution in [0.5, 0.6) is 11.5 Å². The Kier molecular flexibility index (Phi) is 8.27. The molecule has 3 amide bonds. The summed E-state index contributed by atoms with van der Waals surface area (Å²) in [6.07, 6.45) is -5.47. The lowest BCUT2D eigenvalue weighted by Crippen LogP contribution is -2.50. The minimum Gasteiger partial charge on any atom is -0.465 e. The van der Waals surface area contributed by atoms with Crippen LogP contribution in [-0.2, 0) is 6.18 Å². The summed E-state index contributed by atoms with van der Waals surface area (Å²) in [5.74, 6) is 1.10. The van der Waals surface area contributed by atoms with Gasteiger partial charge in [0.15, 0.2) is 0 Å². The Morgan fingerprint density at radius 3 is 2.17 bits per heavy atom. The average Bonchev–Trinajstić information content (AvgIpc) is 3.29. The largest absolute Gasteiger partial charge is 0.465 e. The molecule has 3 aromatic carbocycles. The molecule has 0 saturated carbocycles. The predicted molar refractivity (Wildman–Crippen MR) is 148 cm³/mol. The molecule has 5 rings (SSSR count). The molecule has 2 saturated heterocycles. The highest BCUT2D eigenvalue weighted by molar-refractivity contribution is 6.30. The number of benzene rings is 3. The number of piperazine rings is 1. The van der Waals surface area contributed by atoms with Gasteiger partial charge in [0.25, 0.3) is 0 Å². The van der Waals surface area contributed by atoms with Crippen molar-refractivity contribution < 1.29 is 32.6 Å². The maximum Gasteiger partial charge on any atom is 0.416 e. The van der Waals surface area contributed by atoms with E-state index >= 15 is 0 Å². The lowest BCUT2D eigenvalue weighted by molar-refractivity contribution is -0.137. The van der Waals surface area contributed by atoms with Gasteiger partial charge >= 0.3 is 18.3 Å². The number of amides is 3. The van der Waals surface area contributed by atoms with Crippen LogP contribution in [0.2, 0.25) is 5.02 Å². The van der Waals surface area contributed by atoms with Crippen molar-refractivity contribution in [3.8, 4) is 11.5 Å². The molecule has 41 heavy (non-hydrogen) atoms. The van der Waals surface area contributed by atoms with E-state index in [2.05, 4.69) is 4.90 Å². The number of rotatable bonds is 7. The van der Waals surface area contributed by atoms with Gasteiger partial charge in [-0.2, -0.15) is 13.2 Å². The molecule has 2 heterocycles. The molecule has 0 spiro atoms. The Morgan fingerprint density at radius 2 is 1.56 bits per heavy atom. The number of hydrogen-bond acceptors (Lipinski definition) is 4. The maximum absolute atomic E-state index is 13.7. The summed E-state index contributed by atoms with van der Waals surface area (Å²) in [5.41, 5.74) is 0.134. The number of nitrogens with zero attached hydrogens (tertiary/aromatic N) is 4. The molecule has 216 valence electrons. The molecule has 2 aliphatic heterocycles. The number of carbonyl (C=O) groups is 2. The third-order valence-electron chi connectivity index (χ3n) is 7.27. The van der Waals surface area contributed by atoms with Crippen LogP contribution in [0.25, 0.3) is 0 Å². The van der Waals surface area contributed by atoms with Crippen molar-refractivity contribution in [2.45, 2.75) is 12.2 Å². The smallest absolute Gasteiger partial charge is 0.416 e. The molecule has 8 nitrogen and oxygen atoms in total. The van der Waals surface area contributed by atoms with E-state index in [9.17, 15) is 27.9 Å². The number of hydrogen-bond donors (Lipinski definition) is 1. The fourth-order valence-electron chi connectivity index (χ4n) is 5.05. The van der Waals surface area contributed by atoms with Crippen molar-refractivity contribution >= 4 is 29.4 Å². The van der Waals surface area contributed by atoms with E-state index in [4.69, 9.17) is 16.3 Å². The number of carboxylic acid groups (broad SMARTS) is 1. The summed E-state index contributed by atoms with van der Waals surface area (Å²) in [4.78, 5) is 31.4. The molecule has 1 atom stereocenters. The molecule has 0 bridgehead atoms. The summed E-state index contributed by atoms with van der Waals surface area (Å²) >= 11 is 5.93. The van der Waals surface area contributed by atoms with E-state index in [0.717, 1.165) is 12.1 Å². The van der Waals surface area contributed by atoms with Crippen LogP contribution >= 0.6 is 11.6 Å². The highest BCUT2D eigenvalue weighted by atomic mass is 35.5. The molecule has 2 fully saturated rings. The molecular weight excluding hydrogens is 561 g/mol. The van der Waals surface area contributed by atoms with E-state index in [-0.39, 0.29) is 12.6 Å². The van der Waals surface area contributed by atoms with Crippen LogP contribution in [0.4, 0.5) is 28.4 Å². The Morgan fingerprint density at radius 1 is 0.927 bits per heavy atom. The lowest BCUT2D eigenvalue weighted by Gasteiger charge is -2.33. The first-order valence-electron chi connectivity index (χ1n) is 13.1. The Balaban J connectivity index is 1.35. The van der Waals surface area contributed by atoms with Crippen molar-refractivity contribution in [1.29, 1.82) is 0 Å². The second-order valence-corrected chi connectivity index (χ2v) is 10.3. The summed E-state index contributed by atoms with van der Waals surface area (Å²) in [7, 11) is 0. The second kappa shape index (κ2) is 11.9. The number of alkyl halides is 3. The zero-order chi connectivity index (χ0) is 29.1. The third kappa shape index (κ3) is 6.68. The van der Waals surface area contributed by atoms with E-state index in [1.54, 1.807) is 59.5 Å². The average molecular weight is 589 g/mol. The van der Waals surface area contributed by atoms with Gasteiger partial charge in [-0.05, 0) is 66.2 Å². The number of ether oxygens (including phenoxy) is 1. The zero-order valence-corrected chi connectivity index (χ0v) is 22.7. The molecular formula is C29H28ClF3N4O4. The standard InChI is InChI=1S/C29H28ClF3N4O4/c30-22-4-8-24(9-5-22)41-25-10-6-23(7-11-25)37-26(20-2-1-3-21(18-20)29(31,32)33)19-36(27(37)38)17-14-34-12-15-35(16-13-34)28(39)40/h1-11,18,26H,12-17,19H2,(H,39,40). The molecule has 2 aliphatic rings. The van der Waals surface area contributed by atoms with Crippen molar-refractivity contribution in [2.24, 2.45) is 0 Å². The van der Waals surface area contributed by atoms with Gasteiger partial charge in [-0.1, -0.05) is 23.7 Å². The number of carbonyl (C=O) groups excluding carboxylic acids is 1. The summed E-state index contributed by atoms with van der Waals surface area (Å²) in [5, 5.41) is 9.75. The lowest BCUT2D eigenvalue weighted by atomic mass is 10.0. The van der Waals surface area contributed by atoms with Gasteiger partial charge < -0.3 is 19.6 Å². The molecule has 1 N–H and O–H groups in total. The number of anilines is 1. The van der Waals surface area contributed by atoms with Gasteiger partial charge in [0.1, 0.15) is 11.5 Å². The first-order chi connectivity index (χ1) is 19.6. The molecule has 0 aromatic heterocycles. The first kappa shape index (κ1) is 28.6. The molecule has 3 aromatic rings. The van der Waals surface area contributed by atoms with Crippen LogP contribution in [0.1, 0.15) is 17.2 Å². The SMILES string of the molecule is O=C(O)N1CCN(CCN2CC(c3cccc(C(F)(F)F)c3)N(c3ccc(Oc4ccc(Cl)cc4)cc3)C2=O)CC1. The van der Waals surface area contributed by atoms with Crippen LogP contribution in [0.15, 0.2) is 72.8 Å². The molecule has 0 radical (unpaired) electrons. The van der Waals surface area contributed by atoms with Crippen molar-refractivity contribution in [3.05, 3.63) is 88.9 Å². The van der Waals surface area contributed by atoms with Crippen LogP contribution in [0.3, 0.4) is 0 Å². The Labute approximate surface area is 240 Å². The quantitative estimate of drug-likeness (QED) is 0.344. The van der Waals surface area contributed by atoms with Gasteiger partial charge in [0.2, 0.25) is 0 Å². The monoisotopic (exact) mass is 588 g/mol. The number of halogens is 4. The van der Waals surface area contributed by atoms with E-state index < -0.39 is 23.9 Å². The Bertz CT molecular complexity index is 1380. The Hall–Kier alpha value is -3.96. The fourth-order valence-corrected chi connectivity index (χ4v) is 5.17. The van der Waals surface area contributed by atoms with Crippen molar-refractivity contribution in [2.75, 3.05) is 50.7 Å². The van der Waals surface area contributed by atoms with E-state index in [1.165, 1.54) is 15.9 Å². The minimum absolute atomic E-state index is 0.207. The highest BCUT2D eigenvalue weighted by Gasteiger charge is 2.40. The molecule has 0 aliphatic carbocycles. The highest BCUT2D eigenvalue weighted by Crippen LogP contribution is 2.38. The molecule has 12 heteroatoms. The van der Waals surface area contributed by atoms with Gasteiger partial charge in [0.05, 0.1) is 11.6 Å². The van der Waals surface area contributed by atoms with Crippen molar-refractivity contribution in [3.63, 3.8) is 0 Å². The molecule has 1 unspecified atom stereocenters. The van der Waals surface area contributed by atoms with Gasteiger partial charge in [-0.25, -0.2) is 9.59 Å². The van der Waals surface area contributed by atoms with Crippen LogP contribution < -0.4 is 9.64 Å². The van der Waals surface area contributed by atoms with Gasteiger partial charge in [0, 0.05) is 56.5 Å². The second-order valence-electron chi connectivity index (χ2n) is 9.90. The van der Waals surface area contributed by atoms with E-state index in [0.29, 0.717) is 67.0 Å². The van der Waals surface area contributed by atoms with E-state index in [1.807, 2.05) is 0 Å². The predicted octanol–water partition coefficient (Wildman–Crippen LogP) is 6.43. The minimum atomic E-state index is -4.51. The van der Waals surface area contributed by atoms with Gasteiger partial charge in [-0.3, -0.25) is 9.80 Å². The van der Waals surface area contributed by atoms with Crippen LogP contribution in [0, 0.1) is 0 Å². The first-order valence-corrected chi connectivity index (χ1v) is 13.5. The summed E-state index contributed by atoms with van der Waals surface area (Å²) in [6, 6.07) is 17.8. The zero-order valence-electron chi connectivity index (χ0n) is 21.9. The summed E-state index contributed by atoms with van der Waals surface area (Å²) < 4.78 is 46.4. The number of urea groups is 1.